The van der Waals surface area contributed by atoms with Crippen LogP contribution in [0.25, 0.3) is 0 Å². The van der Waals surface area contributed by atoms with Gasteiger partial charge in [-0.25, -0.2) is 9.29 Å². The van der Waals surface area contributed by atoms with Gasteiger partial charge in [-0.15, -0.1) is 0 Å². The molecule has 2 N–H and O–H groups in total. The Morgan fingerprint density at radius 3 is 2.56 bits per heavy atom. The summed E-state index contributed by atoms with van der Waals surface area (Å²) >= 11 is 5.97. The van der Waals surface area contributed by atoms with Crippen LogP contribution in [0.1, 0.15) is 31.2 Å². The number of phenolic OH excluding ortho intramolecular Hbond substituents is 1. The van der Waals surface area contributed by atoms with Gasteiger partial charge in [0.15, 0.2) is 0 Å². The van der Waals surface area contributed by atoms with E-state index >= 15 is 0 Å². The second-order valence-electron chi connectivity index (χ2n) is 10.2. The monoisotopic (exact) mass is 508 g/mol. The van der Waals surface area contributed by atoms with E-state index in [1.807, 2.05) is 6.08 Å². The zero-order valence-electron chi connectivity index (χ0n) is 19.2. The number of carbonyl (C=O) groups excluding carboxylic acids is 4. The quantitative estimate of drug-likeness (QED) is 0.475. The van der Waals surface area contributed by atoms with E-state index in [1.54, 1.807) is 25.1 Å². The molecule has 9 heteroatoms. The van der Waals surface area contributed by atoms with E-state index < -0.39 is 52.6 Å². The predicted molar refractivity (Wildman–Crippen MR) is 127 cm³/mol. The first kappa shape index (κ1) is 22.9. The molecule has 4 aliphatic rings. The van der Waals surface area contributed by atoms with Crippen LogP contribution in [0.3, 0.4) is 0 Å². The molecule has 2 aromatic carbocycles. The Labute approximate surface area is 210 Å². The maximum Gasteiger partial charge on any atom is 0.241 e. The Bertz CT molecular complexity index is 1410. The minimum Gasteiger partial charge on any atom is -0.508 e. The lowest BCUT2D eigenvalue weighted by molar-refractivity contribution is -0.131. The number of hydrogen-bond acceptors (Lipinski definition) is 5. The molecule has 36 heavy (non-hydrogen) atoms. The molecule has 0 aromatic heterocycles. The number of nitrogens with zero attached hydrogens (tertiary/aromatic N) is 1. The Hall–Kier alpha value is -3.52. The third-order valence-corrected chi connectivity index (χ3v) is 8.82. The summed E-state index contributed by atoms with van der Waals surface area (Å²) in [4.78, 5) is 54.3. The molecule has 2 saturated heterocycles. The number of para-hydroxylation sites is 1. The SMILES string of the molecule is C[C@@]12C(=O)N(c3ccc(F)c(Cl)c3)C(=O)[C@@H]1C[C@@H]1C(=CC[C@@H]3C(=O)NC(=O)[C@@H]31)[C@@H]2c1ccccc1O. The number of fused-ring (bicyclic) bond motifs is 4. The Balaban J connectivity index is 1.54. The fourth-order valence-electron chi connectivity index (χ4n) is 6.87. The lowest BCUT2D eigenvalue weighted by atomic mass is 9.51. The van der Waals surface area contributed by atoms with E-state index in [4.69, 9.17) is 11.6 Å². The summed E-state index contributed by atoms with van der Waals surface area (Å²) in [6.07, 6.45) is 2.43. The average molecular weight is 509 g/mol. The first-order valence-electron chi connectivity index (χ1n) is 11.8. The zero-order valence-corrected chi connectivity index (χ0v) is 20.0. The molecule has 0 spiro atoms. The fraction of sp³-hybridized carbons (Fsp3) is 0.333. The van der Waals surface area contributed by atoms with Gasteiger partial charge in [0.1, 0.15) is 11.6 Å². The molecule has 2 aromatic rings. The number of allylic oxidation sites excluding steroid dienone is 2. The zero-order chi connectivity index (χ0) is 25.5. The number of benzene rings is 2. The lowest BCUT2D eigenvalue weighted by Crippen LogP contribution is -2.48. The van der Waals surface area contributed by atoms with E-state index in [-0.39, 0.29) is 34.7 Å². The number of amides is 4. The highest BCUT2D eigenvalue weighted by atomic mass is 35.5. The molecule has 0 radical (unpaired) electrons. The molecule has 7 nitrogen and oxygen atoms in total. The molecule has 6 atom stereocenters. The summed E-state index contributed by atoms with van der Waals surface area (Å²) in [6.45, 7) is 1.71. The van der Waals surface area contributed by atoms with Crippen LogP contribution in [0, 0.1) is 34.9 Å². The number of imide groups is 2. The van der Waals surface area contributed by atoms with Gasteiger partial charge < -0.3 is 5.11 Å². The molecule has 3 fully saturated rings. The molecule has 0 bridgehead atoms. The van der Waals surface area contributed by atoms with Crippen LogP contribution in [-0.2, 0) is 19.2 Å². The second-order valence-corrected chi connectivity index (χ2v) is 10.6. The van der Waals surface area contributed by atoms with Crippen LogP contribution in [0.5, 0.6) is 5.75 Å². The van der Waals surface area contributed by atoms with Gasteiger partial charge in [-0.1, -0.05) is 41.4 Å². The van der Waals surface area contributed by atoms with Gasteiger partial charge in [-0.2, -0.15) is 0 Å². The summed E-state index contributed by atoms with van der Waals surface area (Å²) in [6, 6.07) is 10.3. The number of hydrogen-bond donors (Lipinski definition) is 2. The van der Waals surface area contributed by atoms with Gasteiger partial charge in [-0.3, -0.25) is 24.5 Å². The van der Waals surface area contributed by atoms with Crippen molar-refractivity contribution in [1.82, 2.24) is 5.32 Å². The molecule has 0 unspecified atom stereocenters. The Morgan fingerprint density at radius 1 is 1.08 bits per heavy atom. The van der Waals surface area contributed by atoms with Crippen molar-refractivity contribution in [3.05, 3.63) is 70.5 Å². The standard InChI is InChI=1S/C27H22ClFN2O5/c1-27-17(25(35)31(26(27)36)12-6-9-19(29)18(28)10-12)11-16-13(22(27)14-4-2-3-5-20(14)32)7-8-15-21(16)24(34)30-23(15)33/h2-7,9-10,15-17,21-22,32H,8,11H2,1H3,(H,30,33,34)/t15-,16+,17-,21-,22+,27+/m0/s1. The van der Waals surface area contributed by atoms with Crippen LogP contribution < -0.4 is 10.2 Å². The summed E-state index contributed by atoms with van der Waals surface area (Å²) in [5.74, 6) is -5.52. The van der Waals surface area contributed by atoms with Gasteiger partial charge in [-0.05, 0) is 49.9 Å². The van der Waals surface area contributed by atoms with E-state index in [9.17, 15) is 28.7 Å². The van der Waals surface area contributed by atoms with Crippen molar-refractivity contribution in [2.75, 3.05) is 4.90 Å². The molecular formula is C27H22ClFN2O5. The largest absolute Gasteiger partial charge is 0.508 e. The molecule has 6 rings (SSSR count). The highest BCUT2D eigenvalue weighted by molar-refractivity contribution is 6.31. The molecule has 4 amide bonds. The van der Waals surface area contributed by atoms with Crippen LogP contribution in [0.4, 0.5) is 10.1 Å². The number of halogens is 2. The number of nitrogens with one attached hydrogen (secondary N) is 1. The minimum atomic E-state index is -1.29. The molecule has 2 aliphatic heterocycles. The van der Waals surface area contributed by atoms with Crippen LogP contribution in [-0.4, -0.2) is 28.7 Å². The highest BCUT2D eigenvalue weighted by Gasteiger charge is 2.67. The van der Waals surface area contributed by atoms with E-state index in [0.29, 0.717) is 12.0 Å². The van der Waals surface area contributed by atoms with Crippen molar-refractivity contribution in [2.24, 2.45) is 29.1 Å². The molecule has 184 valence electrons. The molecule has 2 heterocycles. The van der Waals surface area contributed by atoms with Crippen LogP contribution >= 0.6 is 11.6 Å². The normalized spacial score (nSPS) is 33.1. The van der Waals surface area contributed by atoms with Crippen molar-refractivity contribution >= 4 is 40.9 Å². The second kappa shape index (κ2) is 7.74. The summed E-state index contributed by atoms with van der Waals surface area (Å²) in [7, 11) is 0. The number of carbonyl (C=O) groups is 4. The number of rotatable bonds is 2. The minimum absolute atomic E-state index is 0.0263. The van der Waals surface area contributed by atoms with Crippen molar-refractivity contribution < 1.29 is 28.7 Å². The van der Waals surface area contributed by atoms with Gasteiger partial charge in [0.05, 0.1) is 33.9 Å². The van der Waals surface area contributed by atoms with Crippen molar-refractivity contribution in [1.29, 1.82) is 0 Å². The highest BCUT2D eigenvalue weighted by Crippen LogP contribution is 2.64. The van der Waals surface area contributed by atoms with Gasteiger partial charge in [0.25, 0.3) is 0 Å². The van der Waals surface area contributed by atoms with E-state index in [2.05, 4.69) is 5.32 Å². The third kappa shape index (κ3) is 2.91. The fourth-order valence-corrected chi connectivity index (χ4v) is 7.05. The smallest absolute Gasteiger partial charge is 0.241 e. The average Bonchev–Trinajstić information content (AvgIpc) is 3.24. The lowest BCUT2D eigenvalue weighted by Gasteiger charge is -2.49. The van der Waals surface area contributed by atoms with Crippen molar-refractivity contribution in [2.45, 2.75) is 25.7 Å². The first-order chi connectivity index (χ1) is 17.1. The van der Waals surface area contributed by atoms with Gasteiger partial charge in [0.2, 0.25) is 23.6 Å². The van der Waals surface area contributed by atoms with Crippen LogP contribution in [0.15, 0.2) is 54.1 Å². The van der Waals surface area contributed by atoms with E-state index in [1.165, 1.54) is 18.2 Å². The first-order valence-corrected chi connectivity index (χ1v) is 12.2. The molecule has 2 aliphatic carbocycles. The topological polar surface area (TPSA) is 104 Å². The Kier molecular flexibility index (Phi) is 4.92. The number of aromatic hydroxyl groups is 1. The molecular weight excluding hydrogens is 487 g/mol. The van der Waals surface area contributed by atoms with E-state index in [0.717, 1.165) is 16.5 Å². The van der Waals surface area contributed by atoms with Gasteiger partial charge >= 0.3 is 0 Å². The maximum absolute atomic E-state index is 14.1. The summed E-state index contributed by atoms with van der Waals surface area (Å²) in [5.41, 5.74) is 0.128. The summed E-state index contributed by atoms with van der Waals surface area (Å²) < 4.78 is 13.9. The van der Waals surface area contributed by atoms with Crippen LogP contribution in [0.2, 0.25) is 5.02 Å². The number of phenols is 1. The van der Waals surface area contributed by atoms with Crippen molar-refractivity contribution in [3.8, 4) is 5.75 Å². The summed E-state index contributed by atoms with van der Waals surface area (Å²) in [5, 5.41) is 13.0. The third-order valence-electron chi connectivity index (χ3n) is 8.53. The maximum atomic E-state index is 14.1. The number of anilines is 1. The predicted octanol–water partition coefficient (Wildman–Crippen LogP) is 3.70. The van der Waals surface area contributed by atoms with Crippen molar-refractivity contribution in [3.63, 3.8) is 0 Å². The molecule has 1 saturated carbocycles. The van der Waals surface area contributed by atoms with Gasteiger partial charge in [0, 0.05) is 11.5 Å². The Morgan fingerprint density at radius 2 is 1.83 bits per heavy atom.